The lowest BCUT2D eigenvalue weighted by atomic mass is 10.0. The number of aliphatic hydroxyl groups is 1. The number of rotatable bonds is 11. The van der Waals surface area contributed by atoms with Crippen molar-refractivity contribution in [3.05, 3.63) is 17.4 Å². The van der Waals surface area contributed by atoms with Crippen molar-refractivity contribution >= 4 is 5.97 Å². The van der Waals surface area contributed by atoms with Gasteiger partial charge in [0.25, 0.3) is 0 Å². The maximum Gasteiger partial charge on any atom is 0.339 e. The van der Waals surface area contributed by atoms with E-state index in [4.69, 9.17) is 4.74 Å². The van der Waals surface area contributed by atoms with Crippen molar-refractivity contribution in [3.8, 4) is 0 Å². The Labute approximate surface area is 123 Å². The van der Waals surface area contributed by atoms with Crippen LogP contribution in [-0.2, 0) is 9.53 Å². The first-order chi connectivity index (χ1) is 9.65. The Morgan fingerprint density at radius 3 is 2.35 bits per heavy atom. The van der Waals surface area contributed by atoms with E-state index in [1.165, 1.54) is 30.9 Å². The molecule has 0 aliphatic carbocycles. The first kappa shape index (κ1) is 18.9. The first-order valence-electron chi connectivity index (χ1n) is 7.94. The van der Waals surface area contributed by atoms with Gasteiger partial charge in [-0.05, 0) is 44.3 Å². The van der Waals surface area contributed by atoms with Gasteiger partial charge in [-0.3, -0.25) is 0 Å². The lowest BCUT2D eigenvalue weighted by Gasteiger charge is -2.05. The Morgan fingerprint density at radius 1 is 1.10 bits per heavy atom. The summed E-state index contributed by atoms with van der Waals surface area (Å²) >= 11 is 0. The quantitative estimate of drug-likeness (QED) is 0.352. The van der Waals surface area contributed by atoms with Crippen LogP contribution in [0.5, 0.6) is 0 Å². The fraction of sp³-hybridized carbons (Fsp3) is 0.765. The Kier molecular flexibility index (Phi) is 12.3. The smallest absolute Gasteiger partial charge is 0.339 e. The molecule has 3 heteroatoms. The third-order valence-electron chi connectivity index (χ3n) is 3.14. The highest BCUT2D eigenvalue weighted by Crippen LogP contribution is 2.15. The number of unbranched alkanes of at least 4 members (excludes halogenated alkanes) is 4. The number of carbonyl (C=O) groups is 1. The number of hydrogen-bond acceptors (Lipinski definition) is 3. The van der Waals surface area contributed by atoms with Gasteiger partial charge < -0.3 is 9.84 Å². The van der Waals surface area contributed by atoms with Crippen LogP contribution in [0.4, 0.5) is 0 Å². The molecule has 0 heterocycles. The van der Waals surface area contributed by atoms with Crippen LogP contribution in [0.15, 0.2) is 17.4 Å². The van der Waals surface area contributed by atoms with Crippen molar-refractivity contribution in [2.24, 2.45) is 0 Å². The van der Waals surface area contributed by atoms with Gasteiger partial charge in [0.05, 0.1) is 6.61 Å². The minimum absolute atomic E-state index is 0.285. The fourth-order valence-electron chi connectivity index (χ4n) is 1.92. The molecule has 0 unspecified atom stereocenters. The van der Waals surface area contributed by atoms with E-state index in [1.54, 1.807) is 6.92 Å². The molecule has 1 atom stereocenters. The Bertz CT molecular complexity index is 314. The molecule has 0 spiro atoms. The summed E-state index contributed by atoms with van der Waals surface area (Å²) in [6, 6.07) is 0. The lowest BCUT2D eigenvalue weighted by molar-refractivity contribution is -0.150. The molecule has 116 valence electrons. The maximum atomic E-state index is 11.3. The van der Waals surface area contributed by atoms with Crippen LogP contribution in [0.25, 0.3) is 0 Å². The summed E-state index contributed by atoms with van der Waals surface area (Å²) in [6.45, 7) is 6.37. The molecule has 0 aliphatic heterocycles. The van der Waals surface area contributed by atoms with Gasteiger partial charge in [-0.15, -0.1) is 5.73 Å². The highest BCUT2D eigenvalue weighted by molar-refractivity contribution is 5.76. The maximum absolute atomic E-state index is 11.3. The molecule has 0 bridgehead atoms. The molecule has 0 saturated heterocycles. The van der Waals surface area contributed by atoms with Crippen LogP contribution in [0.3, 0.4) is 0 Å². The predicted octanol–water partition coefficient (Wildman–Crippen LogP) is 4.15. The van der Waals surface area contributed by atoms with E-state index in [-0.39, 0.29) is 6.61 Å². The van der Waals surface area contributed by atoms with E-state index in [1.807, 2.05) is 0 Å². The largest absolute Gasteiger partial charge is 0.464 e. The zero-order valence-corrected chi connectivity index (χ0v) is 13.3. The standard InChI is InChI=1S/C17H30O3/c1-4-7-9-10-12-15(11-8-5-2)13-14-16(18)17(19)20-6-3/h14,16,18H,4-12H2,1-3H3/t13?,16-/m0/s1. The van der Waals surface area contributed by atoms with E-state index in [2.05, 4.69) is 19.6 Å². The van der Waals surface area contributed by atoms with Crippen molar-refractivity contribution < 1.29 is 14.6 Å². The Morgan fingerprint density at radius 2 is 1.75 bits per heavy atom. The number of esters is 1. The highest BCUT2D eigenvalue weighted by atomic mass is 16.5. The second-order valence-corrected chi connectivity index (χ2v) is 5.03. The third kappa shape index (κ3) is 9.82. The van der Waals surface area contributed by atoms with E-state index in [0.717, 1.165) is 32.1 Å². The molecule has 0 aromatic heterocycles. The molecule has 0 aromatic rings. The molecule has 0 aromatic carbocycles. The zero-order chi connectivity index (χ0) is 15.2. The third-order valence-corrected chi connectivity index (χ3v) is 3.14. The van der Waals surface area contributed by atoms with E-state index < -0.39 is 12.1 Å². The summed E-state index contributed by atoms with van der Waals surface area (Å²) in [7, 11) is 0. The van der Waals surface area contributed by atoms with Crippen molar-refractivity contribution in [1.82, 2.24) is 0 Å². The Hall–Kier alpha value is -1.05. The zero-order valence-electron chi connectivity index (χ0n) is 13.3. The average molecular weight is 282 g/mol. The summed E-state index contributed by atoms with van der Waals surface area (Å²) in [4.78, 5) is 11.3. The lowest BCUT2D eigenvalue weighted by Crippen LogP contribution is -2.20. The molecule has 0 saturated carbocycles. The van der Waals surface area contributed by atoms with Crippen LogP contribution in [-0.4, -0.2) is 23.8 Å². The molecular formula is C17H30O3. The number of aliphatic hydroxyl groups excluding tert-OH is 1. The molecule has 0 rings (SSSR count). The summed E-state index contributed by atoms with van der Waals surface area (Å²) in [6.07, 6.45) is 9.38. The van der Waals surface area contributed by atoms with Gasteiger partial charge in [0, 0.05) is 0 Å². The molecule has 0 aliphatic rings. The predicted molar refractivity (Wildman–Crippen MR) is 82.5 cm³/mol. The van der Waals surface area contributed by atoms with E-state index in [0.29, 0.717) is 0 Å². The van der Waals surface area contributed by atoms with Gasteiger partial charge in [0.2, 0.25) is 0 Å². The first-order valence-corrected chi connectivity index (χ1v) is 7.94. The van der Waals surface area contributed by atoms with Gasteiger partial charge in [0.1, 0.15) is 0 Å². The van der Waals surface area contributed by atoms with Crippen LogP contribution in [0.1, 0.15) is 72.1 Å². The van der Waals surface area contributed by atoms with Crippen LogP contribution >= 0.6 is 0 Å². The molecule has 0 radical (unpaired) electrons. The van der Waals surface area contributed by atoms with Crippen LogP contribution in [0, 0.1) is 0 Å². The summed E-state index contributed by atoms with van der Waals surface area (Å²) in [5.41, 5.74) is 4.31. The number of ether oxygens (including phenoxy) is 1. The normalized spacial score (nSPS) is 11.6. The number of carbonyl (C=O) groups excluding carboxylic acids is 1. The molecule has 3 nitrogen and oxygen atoms in total. The van der Waals surface area contributed by atoms with Gasteiger partial charge in [-0.2, -0.15) is 0 Å². The van der Waals surface area contributed by atoms with Gasteiger partial charge in [-0.25, -0.2) is 4.79 Å². The second kappa shape index (κ2) is 13.0. The summed E-state index contributed by atoms with van der Waals surface area (Å²) in [5, 5.41) is 9.63. The molecule has 0 amide bonds. The summed E-state index contributed by atoms with van der Waals surface area (Å²) in [5.74, 6) is -0.596. The Balaban J connectivity index is 4.47. The average Bonchev–Trinajstić information content (AvgIpc) is 2.45. The second-order valence-electron chi connectivity index (χ2n) is 5.03. The van der Waals surface area contributed by atoms with Gasteiger partial charge >= 0.3 is 5.97 Å². The van der Waals surface area contributed by atoms with Gasteiger partial charge in [0.15, 0.2) is 6.10 Å². The van der Waals surface area contributed by atoms with Crippen molar-refractivity contribution in [1.29, 1.82) is 0 Å². The minimum atomic E-state index is -1.19. The molecule has 20 heavy (non-hydrogen) atoms. The van der Waals surface area contributed by atoms with Crippen molar-refractivity contribution in [2.75, 3.05) is 6.61 Å². The molecular weight excluding hydrogens is 252 g/mol. The van der Waals surface area contributed by atoms with Crippen molar-refractivity contribution in [3.63, 3.8) is 0 Å². The summed E-state index contributed by atoms with van der Waals surface area (Å²) < 4.78 is 4.76. The van der Waals surface area contributed by atoms with Crippen LogP contribution < -0.4 is 0 Å². The van der Waals surface area contributed by atoms with Gasteiger partial charge in [-0.1, -0.05) is 39.5 Å². The fourth-order valence-corrected chi connectivity index (χ4v) is 1.92. The molecule has 0 fully saturated rings. The topological polar surface area (TPSA) is 46.5 Å². The van der Waals surface area contributed by atoms with Crippen molar-refractivity contribution in [2.45, 2.75) is 78.2 Å². The monoisotopic (exact) mass is 282 g/mol. The number of hydrogen-bond donors (Lipinski definition) is 1. The minimum Gasteiger partial charge on any atom is -0.464 e. The van der Waals surface area contributed by atoms with E-state index >= 15 is 0 Å². The highest BCUT2D eigenvalue weighted by Gasteiger charge is 2.11. The van der Waals surface area contributed by atoms with E-state index in [9.17, 15) is 9.90 Å². The van der Waals surface area contributed by atoms with Crippen LogP contribution in [0.2, 0.25) is 0 Å². The molecule has 1 N–H and O–H groups in total. The SMILES string of the molecule is CCCCCCC(=C=C[C@H](O)C(=O)OCC)CCCC.